The molecule has 0 unspecified atom stereocenters. The number of aldehydes is 1. The van der Waals surface area contributed by atoms with Gasteiger partial charge in [0.1, 0.15) is 6.29 Å². The minimum absolute atomic E-state index is 0.269. The number of hydrogen-bond donors (Lipinski definition) is 0. The van der Waals surface area contributed by atoms with Crippen molar-refractivity contribution in [3.05, 3.63) is 28.9 Å². The van der Waals surface area contributed by atoms with Crippen LogP contribution in [0.1, 0.15) is 5.69 Å². The average Bonchev–Trinajstić information content (AvgIpc) is 2.44. The van der Waals surface area contributed by atoms with Crippen molar-refractivity contribution in [3.8, 4) is 0 Å². The molecule has 0 fully saturated rings. The first-order valence-corrected chi connectivity index (χ1v) is 4.66. The number of halogens is 1. The normalized spacial score (nSPS) is 10.7. The van der Waals surface area contributed by atoms with E-state index in [1.807, 2.05) is 25.1 Å². The summed E-state index contributed by atoms with van der Waals surface area (Å²) in [6, 6.07) is 5.56. The Kier molecular flexibility index (Phi) is 2.25. The van der Waals surface area contributed by atoms with Gasteiger partial charge in [-0.15, -0.1) is 0 Å². The van der Waals surface area contributed by atoms with E-state index < -0.39 is 0 Å². The molecule has 2 rings (SSSR count). The van der Waals surface area contributed by atoms with Gasteiger partial charge >= 0.3 is 0 Å². The first kappa shape index (κ1) is 9.21. The van der Waals surface area contributed by atoms with Gasteiger partial charge in [0.15, 0.2) is 0 Å². The fourth-order valence-electron chi connectivity index (χ4n) is 1.52. The fourth-order valence-corrected chi connectivity index (χ4v) is 1.69. The summed E-state index contributed by atoms with van der Waals surface area (Å²) in [6.45, 7) is 2.18. The quantitative estimate of drug-likeness (QED) is 0.710. The minimum Gasteiger partial charge on any atom is -0.301 e. The summed E-state index contributed by atoms with van der Waals surface area (Å²) < 4.78 is 1.66. The zero-order chi connectivity index (χ0) is 10.1. The Bertz CT molecular complexity index is 490. The van der Waals surface area contributed by atoms with E-state index in [2.05, 4.69) is 5.10 Å². The summed E-state index contributed by atoms with van der Waals surface area (Å²) in [4.78, 5) is 10.4. The van der Waals surface area contributed by atoms with Crippen molar-refractivity contribution in [2.24, 2.45) is 0 Å². The lowest BCUT2D eigenvalue weighted by molar-refractivity contribution is -0.108. The third-order valence-electron chi connectivity index (χ3n) is 2.15. The molecule has 0 aliphatic heterocycles. The number of benzene rings is 1. The van der Waals surface area contributed by atoms with E-state index in [0.717, 1.165) is 22.9 Å². The van der Waals surface area contributed by atoms with Crippen LogP contribution in [0.15, 0.2) is 18.2 Å². The molecular weight excluding hydrogens is 200 g/mol. The Labute approximate surface area is 86.3 Å². The van der Waals surface area contributed by atoms with E-state index >= 15 is 0 Å². The Morgan fingerprint density at radius 3 is 3.07 bits per heavy atom. The number of fused-ring (bicyclic) bond motifs is 1. The van der Waals surface area contributed by atoms with E-state index in [0.29, 0.717) is 5.02 Å². The molecule has 2 aromatic rings. The van der Waals surface area contributed by atoms with Crippen molar-refractivity contribution in [1.82, 2.24) is 9.78 Å². The zero-order valence-electron chi connectivity index (χ0n) is 7.70. The fraction of sp³-hybridized carbons (Fsp3) is 0.200. The first-order chi connectivity index (χ1) is 6.72. The number of aryl methyl sites for hydroxylation is 1. The standard InChI is InChI=1S/C10H9ClN2O/c1-7-9-3-2-8(11)6-10(9)13(12-7)4-5-14/h2-3,5-6H,4H2,1H3. The van der Waals surface area contributed by atoms with Gasteiger partial charge in [0.2, 0.25) is 0 Å². The molecular formula is C10H9ClN2O. The lowest BCUT2D eigenvalue weighted by atomic mass is 10.2. The summed E-state index contributed by atoms with van der Waals surface area (Å²) in [5, 5.41) is 5.94. The number of hydrogen-bond acceptors (Lipinski definition) is 2. The molecule has 0 amide bonds. The van der Waals surface area contributed by atoms with Crippen LogP contribution in [0.5, 0.6) is 0 Å². The maximum Gasteiger partial charge on any atom is 0.141 e. The second kappa shape index (κ2) is 3.42. The van der Waals surface area contributed by atoms with Gasteiger partial charge in [-0.1, -0.05) is 11.6 Å². The molecule has 0 aliphatic carbocycles. The number of rotatable bonds is 2. The molecule has 1 aromatic heterocycles. The molecule has 3 nitrogen and oxygen atoms in total. The lowest BCUT2D eigenvalue weighted by Crippen LogP contribution is -2.00. The largest absolute Gasteiger partial charge is 0.301 e. The molecule has 0 radical (unpaired) electrons. The van der Waals surface area contributed by atoms with Crippen LogP contribution in [0.25, 0.3) is 10.9 Å². The van der Waals surface area contributed by atoms with Crippen molar-refractivity contribution in [1.29, 1.82) is 0 Å². The molecule has 0 bridgehead atoms. The SMILES string of the molecule is Cc1nn(CC=O)c2cc(Cl)ccc12. The topological polar surface area (TPSA) is 34.9 Å². The summed E-state index contributed by atoms with van der Waals surface area (Å²) in [7, 11) is 0. The molecule has 14 heavy (non-hydrogen) atoms. The van der Waals surface area contributed by atoms with Crippen molar-refractivity contribution in [2.45, 2.75) is 13.5 Å². The summed E-state index contributed by atoms with van der Waals surface area (Å²) in [6.07, 6.45) is 0.826. The number of carbonyl (C=O) groups is 1. The molecule has 0 atom stereocenters. The molecule has 0 aliphatic rings. The van der Waals surface area contributed by atoms with Crippen LogP contribution in [0, 0.1) is 6.92 Å². The molecule has 0 N–H and O–H groups in total. The van der Waals surface area contributed by atoms with E-state index in [-0.39, 0.29) is 6.54 Å². The van der Waals surface area contributed by atoms with Crippen LogP contribution in [0.2, 0.25) is 5.02 Å². The van der Waals surface area contributed by atoms with Crippen molar-refractivity contribution < 1.29 is 4.79 Å². The van der Waals surface area contributed by atoms with E-state index in [1.165, 1.54) is 0 Å². The van der Waals surface area contributed by atoms with Gasteiger partial charge in [-0.25, -0.2) is 0 Å². The predicted octanol–water partition coefficient (Wildman–Crippen LogP) is 2.20. The highest BCUT2D eigenvalue weighted by molar-refractivity contribution is 6.31. The molecule has 4 heteroatoms. The van der Waals surface area contributed by atoms with Crippen LogP contribution < -0.4 is 0 Å². The average molecular weight is 209 g/mol. The van der Waals surface area contributed by atoms with Crippen LogP contribution in [0.3, 0.4) is 0 Å². The second-order valence-corrected chi connectivity index (χ2v) is 3.53. The van der Waals surface area contributed by atoms with Gasteiger partial charge in [0, 0.05) is 10.4 Å². The zero-order valence-corrected chi connectivity index (χ0v) is 8.45. The third-order valence-corrected chi connectivity index (χ3v) is 2.38. The van der Waals surface area contributed by atoms with Crippen molar-refractivity contribution >= 4 is 28.8 Å². The third kappa shape index (κ3) is 1.40. The van der Waals surface area contributed by atoms with Gasteiger partial charge in [-0.05, 0) is 25.1 Å². The maximum atomic E-state index is 10.4. The van der Waals surface area contributed by atoms with Gasteiger partial charge in [-0.3, -0.25) is 4.68 Å². The summed E-state index contributed by atoms with van der Waals surface area (Å²) in [5.74, 6) is 0. The molecule has 1 aromatic carbocycles. The van der Waals surface area contributed by atoms with Gasteiger partial charge in [0.25, 0.3) is 0 Å². The summed E-state index contributed by atoms with van der Waals surface area (Å²) in [5.41, 5.74) is 1.82. The first-order valence-electron chi connectivity index (χ1n) is 4.28. The predicted molar refractivity (Wildman–Crippen MR) is 55.5 cm³/mol. The van der Waals surface area contributed by atoms with Crippen LogP contribution in [-0.2, 0) is 11.3 Å². The number of nitrogens with zero attached hydrogens (tertiary/aromatic N) is 2. The molecule has 0 saturated carbocycles. The lowest BCUT2D eigenvalue weighted by Gasteiger charge is -1.96. The Balaban J connectivity index is 2.72. The second-order valence-electron chi connectivity index (χ2n) is 3.10. The molecule has 72 valence electrons. The van der Waals surface area contributed by atoms with Crippen molar-refractivity contribution in [2.75, 3.05) is 0 Å². The Morgan fingerprint density at radius 2 is 2.36 bits per heavy atom. The van der Waals surface area contributed by atoms with E-state index in [9.17, 15) is 4.79 Å². The minimum atomic E-state index is 0.269. The highest BCUT2D eigenvalue weighted by Gasteiger charge is 2.06. The summed E-state index contributed by atoms with van der Waals surface area (Å²) >= 11 is 5.87. The molecule has 1 heterocycles. The van der Waals surface area contributed by atoms with Gasteiger partial charge in [-0.2, -0.15) is 5.10 Å². The van der Waals surface area contributed by atoms with Crippen molar-refractivity contribution in [3.63, 3.8) is 0 Å². The monoisotopic (exact) mass is 208 g/mol. The smallest absolute Gasteiger partial charge is 0.141 e. The van der Waals surface area contributed by atoms with Crippen LogP contribution in [-0.4, -0.2) is 16.1 Å². The van der Waals surface area contributed by atoms with Gasteiger partial charge < -0.3 is 4.79 Å². The van der Waals surface area contributed by atoms with E-state index in [1.54, 1.807) is 4.68 Å². The number of aromatic nitrogens is 2. The Hall–Kier alpha value is -1.35. The van der Waals surface area contributed by atoms with Crippen LogP contribution >= 0.6 is 11.6 Å². The molecule has 0 saturated heterocycles. The van der Waals surface area contributed by atoms with E-state index in [4.69, 9.17) is 11.6 Å². The highest BCUT2D eigenvalue weighted by atomic mass is 35.5. The van der Waals surface area contributed by atoms with Crippen LogP contribution in [0.4, 0.5) is 0 Å². The van der Waals surface area contributed by atoms with Gasteiger partial charge in [0.05, 0.1) is 17.8 Å². The highest BCUT2D eigenvalue weighted by Crippen LogP contribution is 2.21. The maximum absolute atomic E-state index is 10.4. The Morgan fingerprint density at radius 1 is 1.57 bits per heavy atom. The number of carbonyl (C=O) groups excluding carboxylic acids is 1. The molecule has 0 spiro atoms.